The van der Waals surface area contributed by atoms with Gasteiger partial charge in [0, 0.05) is 29.6 Å². The number of nitrogens with zero attached hydrogens (tertiary/aromatic N) is 3. The zero-order valence-corrected chi connectivity index (χ0v) is 16.6. The molecular formula is C20H27N4O2S. The normalized spacial score (nSPS) is 21.0. The number of fused-ring (bicyclic) bond motifs is 1. The molecule has 2 fully saturated rings. The SMILES string of the molecule is CS(=O)(=O)C(=Cc1nn(C2CC[N]CC2)c2ccccc12)C1CCNCC1. The van der Waals surface area contributed by atoms with Gasteiger partial charge in [0.1, 0.15) is 0 Å². The quantitative estimate of drug-likeness (QED) is 0.874. The number of allylic oxidation sites excluding steroid dienone is 1. The van der Waals surface area contributed by atoms with Gasteiger partial charge in [0.2, 0.25) is 0 Å². The van der Waals surface area contributed by atoms with Crippen LogP contribution in [0.2, 0.25) is 0 Å². The van der Waals surface area contributed by atoms with Crippen LogP contribution in [0, 0.1) is 5.92 Å². The Bertz CT molecular complexity index is 936. The van der Waals surface area contributed by atoms with E-state index in [4.69, 9.17) is 5.10 Å². The zero-order valence-electron chi connectivity index (χ0n) is 15.8. The summed E-state index contributed by atoms with van der Waals surface area (Å²) in [6, 6.07) is 8.46. The molecule has 1 aromatic carbocycles. The molecule has 2 saturated heterocycles. The molecule has 27 heavy (non-hydrogen) atoms. The molecular weight excluding hydrogens is 360 g/mol. The fraction of sp³-hybridized carbons (Fsp3) is 0.550. The van der Waals surface area contributed by atoms with Crippen LogP contribution in [0.15, 0.2) is 29.2 Å². The largest absolute Gasteiger partial charge is 0.317 e. The Morgan fingerprint density at radius 2 is 1.85 bits per heavy atom. The first kappa shape index (κ1) is 18.7. The Morgan fingerprint density at radius 1 is 1.15 bits per heavy atom. The van der Waals surface area contributed by atoms with E-state index in [9.17, 15) is 8.42 Å². The van der Waals surface area contributed by atoms with Crippen LogP contribution in [0.1, 0.15) is 37.4 Å². The van der Waals surface area contributed by atoms with Crippen LogP contribution in [-0.4, -0.2) is 50.6 Å². The summed E-state index contributed by atoms with van der Waals surface area (Å²) in [5.41, 5.74) is 1.85. The third kappa shape index (κ3) is 3.95. The van der Waals surface area contributed by atoms with Crippen LogP contribution in [0.3, 0.4) is 0 Å². The Kier molecular flexibility index (Phi) is 5.34. The Morgan fingerprint density at radius 3 is 2.56 bits per heavy atom. The van der Waals surface area contributed by atoms with Crippen LogP contribution in [0.4, 0.5) is 0 Å². The van der Waals surface area contributed by atoms with Crippen LogP contribution < -0.4 is 10.6 Å². The molecule has 2 aliphatic rings. The molecule has 1 radical (unpaired) electrons. The van der Waals surface area contributed by atoms with E-state index in [1.165, 1.54) is 6.26 Å². The standard InChI is InChI=1S/C20H27N4O2S/c1-27(25,26)20(15-6-10-21-11-7-15)14-18-17-4-2-3-5-19(17)24(23-18)16-8-12-22-13-9-16/h2-5,14-16,21H,6-13H2,1H3. The van der Waals surface area contributed by atoms with Crippen LogP contribution in [0.5, 0.6) is 0 Å². The van der Waals surface area contributed by atoms with Gasteiger partial charge in [-0.15, -0.1) is 0 Å². The average molecular weight is 388 g/mol. The molecule has 145 valence electrons. The van der Waals surface area contributed by atoms with Crippen molar-refractivity contribution in [2.45, 2.75) is 31.7 Å². The van der Waals surface area contributed by atoms with E-state index in [2.05, 4.69) is 21.4 Å². The Labute approximate surface area is 160 Å². The van der Waals surface area contributed by atoms with E-state index in [1.807, 2.05) is 24.3 Å². The highest BCUT2D eigenvalue weighted by atomic mass is 32.2. The van der Waals surface area contributed by atoms with Crippen molar-refractivity contribution < 1.29 is 8.42 Å². The molecule has 2 aliphatic heterocycles. The lowest BCUT2D eigenvalue weighted by Gasteiger charge is -2.24. The number of aromatic nitrogens is 2. The van der Waals surface area contributed by atoms with Gasteiger partial charge in [-0.25, -0.2) is 13.7 Å². The van der Waals surface area contributed by atoms with Gasteiger partial charge in [0.05, 0.1) is 17.3 Å². The molecule has 0 unspecified atom stereocenters. The predicted octanol–water partition coefficient (Wildman–Crippen LogP) is 2.36. The number of sulfone groups is 1. The van der Waals surface area contributed by atoms with Crippen LogP contribution in [-0.2, 0) is 9.84 Å². The van der Waals surface area contributed by atoms with Crippen molar-refractivity contribution in [1.82, 2.24) is 20.4 Å². The van der Waals surface area contributed by atoms with Crippen molar-refractivity contribution in [2.75, 3.05) is 32.4 Å². The van der Waals surface area contributed by atoms with Gasteiger partial charge in [0.15, 0.2) is 9.84 Å². The lowest BCUT2D eigenvalue weighted by atomic mass is 9.97. The molecule has 0 bridgehead atoms. The third-order valence-corrected chi connectivity index (χ3v) is 6.99. The first-order valence-electron chi connectivity index (χ1n) is 9.77. The summed E-state index contributed by atoms with van der Waals surface area (Å²) in [4.78, 5) is 0.526. The number of hydrogen-bond donors (Lipinski definition) is 1. The number of piperidine rings is 2. The summed E-state index contributed by atoms with van der Waals surface area (Å²) < 4.78 is 27.2. The van der Waals surface area contributed by atoms with Gasteiger partial charge < -0.3 is 5.32 Å². The molecule has 1 aromatic heterocycles. The molecule has 0 aliphatic carbocycles. The second-order valence-corrected chi connectivity index (χ2v) is 9.61. The average Bonchev–Trinajstić information content (AvgIpc) is 3.05. The summed E-state index contributed by atoms with van der Waals surface area (Å²) in [6.45, 7) is 3.46. The second-order valence-electron chi connectivity index (χ2n) is 7.59. The molecule has 2 aromatic rings. The Balaban J connectivity index is 1.80. The highest BCUT2D eigenvalue weighted by Crippen LogP contribution is 2.31. The molecule has 7 heteroatoms. The summed E-state index contributed by atoms with van der Waals surface area (Å²) in [5.74, 6) is 0.0682. The lowest BCUT2D eigenvalue weighted by molar-refractivity contribution is 0.347. The van der Waals surface area contributed by atoms with Crippen molar-refractivity contribution in [1.29, 1.82) is 0 Å². The van der Waals surface area contributed by atoms with Crippen molar-refractivity contribution in [2.24, 2.45) is 5.92 Å². The maximum absolute atomic E-state index is 12.5. The maximum Gasteiger partial charge on any atom is 0.172 e. The van der Waals surface area contributed by atoms with E-state index >= 15 is 0 Å². The number of benzene rings is 1. The fourth-order valence-corrected chi connectivity index (χ4v) is 5.42. The molecule has 4 rings (SSSR count). The topological polar surface area (TPSA) is 78.1 Å². The van der Waals surface area contributed by atoms with Gasteiger partial charge in [-0.1, -0.05) is 18.2 Å². The number of hydrogen-bond acceptors (Lipinski definition) is 4. The monoisotopic (exact) mass is 387 g/mol. The van der Waals surface area contributed by atoms with Gasteiger partial charge in [-0.2, -0.15) is 5.10 Å². The minimum absolute atomic E-state index is 0.0682. The van der Waals surface area contributed by atoms with E-state index in [0.29, 0.717) is 10.9 Å². The first-order valence-corrected chi connectivity index (χ1v) is 11.7. The van der Waals surface area contributed by atoms with E-state index in [1.54, 1.807) is 0 Å². The van der Waals surface area contributed by atoms with E-state index in [0.717, 1.165) is 68.5 Å². The maximum atomic E-state index is 12.5. The summed E-state index contributed by atoms with van der Waals surface area (Å²) >= 11 is 0. The predicted molar refractivity (Wildman–Crippen MR) is 108 cm³/mol. The summed E-state index contributed by atoms with van der Waals surface area (Å²) in [6.07, 6.45) is 6.83. The summed E-state index contributed by atoms with van der Waals surface area (Å²) in [7, 11) is -3.28. The van der Waals surface area contributed by atoms with Crippen molar-refractivity contribution in [3.05, 3.63) is 34.9 Å². The molecule has 3 heterocycles. The van der Waals surface area contributed by atoms with E-state index < -0.39 is 9.84 Å². The van der Waals surface area contributed by atoms with Crippen molar-refractivity contribution >= 4 is 26.8 Å². The molecule has 1 N–H and O–H groups in total. The number of nitrogens with one attached hydrogen (secondary N) is 1. The fourth-order valence-electron chi connectivity index (χ4n) is 4.25. The van der Waals surface area contributed by atoms with Gasteiger partial charge in [-0.05, 0) is 56.8 Å². The zero-order chi connectivity index (χ0) is 18.9. The van der Waals surface area contributed by atoms with Crippen molar-refractivity contribution in [3.63, 3.8) is 0 Å². The third-order valence-electron chi connectivity index (χ3n) is 5.68. The molecule has 6 nitrogen and oxygen atoms in total. The van der Waals surface area contributed by atoms with Gasteiger partial charge >= 0.3 is 0 Å². The van der Waals surface area contributed by atoms with Gasteiger partial charge in [-0.3, -0.25) is 4.68 Å². The highest BCUT2D eigenvalue weighted by molar-refractivity contribution is 7.94. The number of rotatable bonds is 4. The molecule has 0 saturated carbocycles. The minimum Gasteiger partial charge on any atom is -0.317 e. The molecule has 0 spiro atoms. The molecule has 0 atom stereocenters. The second kappa shape index (κ2) is 7.73. The number of para-hydroxylation sites is 1. The lowest BCUT2D eigenvalue weighted by Crippen LogP contribution is -2.30. The van der Waals surface area contributed by atoms with Crippen LogP contribution >= 0.6 is 0 Å². The van der Waals surface area contributed by atoms with Gasteiger partial charge in [0.25, 0.3) is 0 Å². The summed E-state index contributed by atoms with van der Waals surface area (Å²) in [5, 5.41) is 13.7. The highest BCUT2D eigenvalue weighted by Gasteiger charge is 2.26. The first-order chi connectivity index (χ1) is 13.0. The van der Waals surface area contributed by atoms with E-state index in [-0.39, 0.29) is 5.92 Å². The minimum atomic E-state index is -3.28. The molecule has 0 amide bonds. The Hall–Kier alpha value is -1.70. The van der Waals surface area contributed by atoms with Crippen LogP contribution in [0.25, 0.3) is 17.0 Å². The van der Waals surface area contributed by atoms with Crippen molar-refractivity contribution in [3.8, 4) is 0 Å². The smallest absolute Gasteiger partial charge is 0.172 e.